The van der Waals surface area contributed by atoms with E-state index in [1.165, 1.54) is 0 Å². The number of anilines is 1. The summed E-state index contributed by atoms with van der Waals surface area (Å²) < 4.78 is 66.2. The van der Waals surface area contributed by atoms with Crippen molar-refractivity contribution in [3.05, 3.63) is 6.07 Å². The maximum absolute atomic E-state index is 12.1. The summed E-state index contributed by atoms with van der Waals surface area (Å²) >= 11 is 0. The summed E-state index contributed by atoms with van der Waals surface area (Å²) in [6.45, 7) is 0. The Balaban J connectivity index is 3.42. The topological polar surface area (TPSA) is 91.5 Å². The number of pyridine rings is 1. The van der Waals surface area contributed by atoms with Crippen molar-refractivity contribution in [2.24, 2.45) is 0 Å². The molecule has 0 radical (unpaired) electrons. The molecule has 6 nitrogen and oxygen atoms in total. The van der Waals surface area contributed by atoms with Crippen molar-refractivity contribution in [3.8, 4) is 11.6 Å². The fourth-order valence-corrected chi connectivity index (χ4v) is 1.71. The summed E-state index contributed by atoms with van der Waals surface area (Å²) in [6, 6.07) is 0.754. The van der Waals surface area contributed by atoms with Gasteiger partial charge in [0.2, 0.25) is 5.75 Å². The van der Waals surface area contributed by atoms with E-state index in [9.17, 15) is 21.6 Å². The number of nitrogens with two attached hydrogens (primary N) is 1. The SMILES string of the molecule is COc1c(N)cc(S(=O)(=O)Cl)nc1OC(F)(F)F. The highest BCUT2D eigenvalue weighted by Gasteiger charge is 2.34. The molecule has 0 aliphatic rings. The van der Waals surface area contributed by atoms with E-state index in [0.717, 1.165) is 13.2 Å². The van der Waals surface area contributed by atoms with Crippen LogP contribution in [0, 0.1) is 0 Å². The van der Waals surface area contributed by atoms with E-state index in [1.54, 1.807) is 0 Å². The lowest BCUT2D eigenvalue weighted by Gasteiger charge is -2.13. The number of hydrogen-bond donors (Lipinski definition) is 1. The van der Waals surface area contributed by atoms with Gasteiger partial charge in [-0.2, -0.15) is 4.98 Å². The van der Waals surface area contributed by atoms with Crippen molar-refractivity contribution in [2.45, 2.75) is 11.4 Å². The lowest BCUT2D eigenvalue weighted by molar-refractivity contribution is -0.276. The fourth-order valence-electron chi connectivity index (χ4n) is 1.01. The molecular weight excluding hydrogens is 301 g/mol. The van der Waals surface area contributed by atoms with Gasteiger partial charge in [-0.1, -0.05) is 0 Å². The van der Waals surface area contributed by atoms with E-state index in [0.29, 0.717) is 0 Å². The first-order valence-corrected chi connectivity index (χ1v) is 6.40. The first-order chi connectivity index (χ1) is 8.04. The molecule has 0 aliphatic heterocycles. The van der Waals surface area contributed by atoms with Crippen molar-refractivity contribution in [1.29, 1.82) is 0 Å². The average molecular weight is 307 g/mol. The van der Waals surface area contributed by atoms with Gasteiger partial charge in [0, 0.05) is 16.7 Å². The third kappa shape index (κ3) is 3.53. The lowest BCUT2D eigenvalue weighted by Crippen LogP contribution is -2.19. The predicted molar refractivity (Wildman–Crippen MR) is 54.9 cm³/mol. The molecule has 0 saturated carbocycles. The van der Waals surface area contributed by atoms with Crippen LogP contribution in [-0.4, -0.2) is 26.9 Å². The van der Waals surface area contributed by atoms with Gasteiger partial charge in [-0.05, 0) is 0 Å². The van der Waals surface area contributed by atoms with E-state index >= 15 is 0 Å². The predicted octanol–water partition coefficient (Wildman–Crippen LogP) is 1.50. The Bertz CT molecular complexity index is 561. The van der Waals surface area contributed by atoms with Crippen LogP contribution in [0.1, 0.15) is 0 Å². The van der Waals surface area contributed by atoms with Gasteiger partial charge in [0.15, 0.2) is 5.03 Å². The first kappa shape index (κ1) is 14.6. The van der Waals surface area contributed by atoms with Gasteiger partial charge in [0.1, 0.15) is 0 Å². The number of nitrogen functional groups attached to an aromatic ring is 1. The van der Waals surface area contributed by atoms with Crippen LogP contribution >= 0.6 is 10.7 Å². The molecule has 0 saturated heterocycles. The van der Waals surface area contributed by atoms with Gasteiger partial charge in [0.05, 0.1) is 12.8 Å². The van der Waals surface area contributed by atoms with Crippen molar-refractivity contribution < 1.29 is 31.1 Å². The molecular formula is C7H6ClF3N2O4S. The molecule has 0 amide bonds. The summed E-state index contributed by atoms with van der Waals surface area (Å²) in [4.78, 5) is 3.09. The summed E-state index contributed by atoms with van der Waals surface area (Å²) in [5.41, 5.74) is 4.90. The third-order valence-corrected chi connectivity index (χ3v) is 2.80. The smallest absolute Gasteiger partial charge is 0.490 e. The molecule has 0 atom stereocenters. The van der Waals surface area contributed by atoms with Crippen LogP contribution in [0.3, 0.4) is 0 Å². The number of methoxy groups -OCH3 is 1. The normalized spacial score (nSPS) is 12.3. The second kappa shape index (κ2) is 4.69. The maximum Gasteiger partial charge on any atom is 0.574 e. The van der Waals surface area contributed by atoms with Crippen LogP contribution in [0.25, 0.3) is 0 Å². The van der Waals surface area contributed by atoms with E-state index in [4.69, 9.17) is 16.4 Å². The Morgan fingerprint density at radius 1 is 1.44 bits per heavy atom. The second-order valence-electron chi connectivity index (χ2n) is 2.87. The Morgan fingerprint density at radius 3 is 2.39 bits per heavy atom. The highest BCUT2D eigenvalue weighted by atomic mass is 35.7. The van der Waals surface area contributed by atoms with Crippen LogP contribution < -0.4 is 15.2 Å². The Kier molecular flexibility index (Phi) is 3.81. The standard InChI is InChI=1S/C7H6ClF3N2O4S/c1-16-5-3(12)2-4(18(8,14)15)13-6(5)17-7(9,10)11/h2H,1H3,(H2,12,13). The molecule has 0 bridgehead atoms. The number of hydrogen-bond acceptors (Lipinski definition) is 6. The minimum absolute atomic E-state index is 0.411. The van der Waals surface area contributed by atoms with Gasteiger partial charge in [-0.25, -0.2) is 8.42 Å². The molecule has 0 spiro atoms. The number of aromatic nitrogens is 1. The number of ether oxygens (including phenoxy) is 2. The summed E-state index contributed by atoms with van der Waals surface area (Å²) in [5.74, 6) is -1.68. The number of halogens is 4. The first-order valence-electron chi connectivity index (χ1n) is 4.09. The summed E-state index contributed by atoms with van der Waals surface area (Å²) in [6.07, 6.45) is -5.08. The van der Waals surface area contributed by atoms with Crippen molar-refractivity contribution in [2.75, 3.05) is 12.8 Å². The molecule has 1 aromatic heterocycles. The van der Waals surface area contributed by atoms with E-state index in [2.05, 4.69) is 14.5 Å². The highest BCUT2D eigenvalue weighted by Crippen LogP contribution is 2.36. The zero-order valence-corrected chi connectivity index (χ0v) is 10.2. The second-order valence-corrected chi connectivity index (χ2v) is 5.39. The van der Waals surface area contributed by atoms with Crippen molar-refractivity contribution in [3.63, 3.8) is 0 Å². The van der Waals surface area contributed by atoms with Gasteiger partial charge in [-0.15, -0.1) is 13.2 Å². The Labute approximate surface area is 104 Å². The number of nitrogens with zero attached hydrogens (tertiary/aromatic N) is 1. The number of rotatable bonds is 3. The van der Waals surface area contributed by atoms with Gasteiger partial charge in [-0.3, -0.25) is 0 Å². The molecule has 1 rings (SSSR count). The lowest BCUT2D eigenvalue weighted by atomic mass is 10.4. The van der Waals surface area contributed by atoms with Crippen LogP contribution in [-0.2, 0) is 9.05 Å². The maximum atomic E-state index is 12.1. The zero-order valence-electron chi connectivity index (χ0n) is 8.66. The van der Waals surface area contributed by atoms with Gasteiger partial charge >= 0.3 is 6.36 Å². The van der Waals surface area contributed by atoms with Crippen LogP contribution in [0.15, 0.2) is 11.1 Å². The Morgan fingerprint density at radius 2 is 2.00 bits per heavy atom. The quantitative estimate of drug-likeness (QED) is 0.851. The summed E-state index contributed by atoms with van der Waals surface area (Å²) in [5, 5.41) is -0.873. The van der Waals surface area contributed by atoms with Crippen LogP contribution in [0.2, 0.25) is 0 Å². The minimum Gasteiger partial charge on any atom is -0.490 e. The molecule has 0 aliphatic carbocycles. The van der Waals surface area contributed by atoms with Gasteiger partial charge in [0.25, 0.3) is 14.9 Å². The molecule has 1 aromatic rings. The molecule has 0 fully saturated rings. The monoisotopic (exact) mass is 306 g/mol. The van der Waals surface area contributed by atoms with Gasteiger partial charge < -0.3 is 15.2 Å². The molecule has 1 heterocycles. The third-order valence-electron chi connectivity index (χ3n) is 1.61. The van der Waals surface area contributed by atoms with Crippen LogP contribution in [0.5, 0.6) is 11.6 Å². The molecule has 0 aromatic carbocycles. The van der Waals surface area contributed by atoms with E-state index < -0.39 is 37.8 Å². The Hall–Kier alpha value is -1.42. The number of alkyl halides is 3. The molecule has 18 heavy (non-hydrogen) atoms. The largest absolute Gasteiger partial charge is 0.574 e. The molecule has 11 heteroatoms. The molecule has 0 unspecified atom stereocenters. The summed E-state index contributed by atoms with van der Waals surface area (Å²) in [7, 11) is 1.61. The van der Waals surface area contributed by atoms with Crippen LogP contribution in [0.4, 0.5) is 18.9 Å². The molecule has 2 N–H and O–H groups in total. The molecule has 102 valence electrons. The average Bonchev–Trinajstić information content (AvgIpc) is 2.13. The van der Waals surface area contributed by atoms with E-state index in [-0.39, 0.29) is 0 Å². The minimum atomic E-state index is -5.08. The van der Waals surface area contributed by atoms with E-state index in [1.807, 2.05) is 0 Å². The highest BCUT2D eigenvalue weighted by molar-refractivity contribution is 8.13. The fraction of sp³-hybridized carbons (Fsp3) is 0.286. The van der Waals surface area contributed by atoms with Crippen molar-refractivity contribution >= 4 is 25.4 Å². The van der Waals surface area contributed by atoms with Crippen molar-refractivity contribution in [1.82, 2.24) is 4.98 Å². The zero-order chi connectivity index (χ0) is 14.1.